The Bertz CT molecular complexity index is 297. The van der Waals surface area contributed by atoms with E-state index in [1.54, 1.807) is 6.07 Å². The zero-order valence-corrected chi connectivity index (χ0v) is 8.27. The molecule has 15 heavy (non-hydrogen) atoms. The van der Waals surface area contributed by atoms with Crippen LogP contribution in [0, 0.1) is 11.3 Å². The number of amides is 2. The summed E-state index contributed by atoms with van der Waals surface area (Å²) in [7, 11) is 0. The number of aliphatic hydroxyl groups excluding tert-OH is 1. The quantitative estimate of drug-likeness (QED) is 0.412. The minimum absolute atomic E-state index is 0.180. The highest BCUT2D eigenvalue weighted by Gasteiger charge is 2.26. The summed E-state index contributed by atoms with van der Waals surface area (Å²) in [5, 5.41) is 19.7. The van der Waals surface area contributed by atoms with Crippen LogP contribution in [0.2, 0.25) is 0 Å². The van der Waals surface area contributed by atoms with Crippen LogP contribution in [0.3, 0.4) is 0 Å². The van der Waals surface area contributed by atoms with Crippen molar-refractivity contribution < 1.29 is 14.7 Å². The van der Waals surface area contributed by atoms with E-state index in [0.717, 1.165) is 0 Å². The zero-order chi connectivity index (χ0) is 11.3. The van der Waals surface area contributed by atoms with Crippen molar-refractivity contribution in [3.05, 3.63) is 0 Å². The van der Waals surface area contributed by atoms with Gasteiger partial charge in [0.25, 0.3) is 0 Å². The number of likely N-dealkylation sites (tertiary alicyclic amines) is 1. The molecule has 2 N–H and O–H groups in total. The molecular weight excluding hydrogens is 198 g/mol. The van der Waals surface area contributed by atoms with Crippen molar-refractivity contribution in [1.82, 2.24) is 10.2 Å². The van der Waals surface area contributed by atoms with Gasteiger partial charge in [-0.1, -0.05) is 0 Å². The average molecular weight is 211 g/mol. The highest BCUT2D eigenvalue weighted by molar-refractivity contribution is 6.35. The Morgan fingerprint density at radius 1 is 1.60 bits per heavy atom. The van der Waals surface area contributed by atoms with Crippen LogP contribution in [-0.4, -0.2) is 47.6 Å². The Hall–Kier alpha value is -1.61. The third-order valence-electron chi connectivity index (χ3n) is 2.21. The fourth-order valence-electron chi connectivity index (χ4n) is 1.48. The van der Waals surface area contributed by atoms with Gasteiger partial charge in [-0.05, 0) is 12.8 Å². The van der Waals surface area contributed by atoms with Crippen LogP contribution in [-0.2, 0) is 9.59 Å². The largest absolute Gasteiger partial charge is 0.391 e. The van der Waals surface area contributed by atoms with Crippen molar-refractivity contribution in [2.24, 2.45) is 0 Å². The molecule has 1 rings (SSSR count). The summed E-state index contributed by atoms with van der Waals surface area (Å²) in [4.78, 5) is 23.9. The van der Waals surface area contributed by atoms with Crippen LogP contribution in [0.1, 0.15) is 12.8 Å². The smallest absolute Gasteiger partial charge is 0.311 e. The van der Waals surface area contributed by atoms with Gasteiger partial charge in [-0.3, -0.25) is 9.59 Å². The Morgan fingerprint density at radius 3 is 2.93 bits per heavy atom. The van der Waals surface area contributed by atoms with Gasteiger partial charge in [0.05, 0.1) is 12.2 Å². The topological polar surface area (TPSA) is 93.4 Å². The molecule has 0 aromatic heterocycles. The van der Waals surface area contributed by atoms with Crippen LogP contribution < -0.4 is 5.32 Å². The summed E-state index contributed by atoms with van der Waals surface area (Å²) in [6, 6.07) is 1.71. The van der Waals surface area contributed by atoms with Crippen molar-refractivity contribution >= 4 is 11.8 Å². The molecule has 0 aliphatic carbocycles. The lowest BCUT2D eigenvalue weighted by atomic mass is 10.1. The fourth-order valence-corrected chi connectivity index (χ4v) is 1.48. The summed E-state index contributed by atoms with van der Waals surface area (Å²) in [6.07, 6.45) is 0.800. The lowest BCUT2D eigenvalue weighted by molar-refractivity contribution is -0.147. The molecule has 1 fully saturated rings. The normalized spacial score (nSPS) is 20.5. The number of β-amino-alcohol motifs (C(OH)–C–C–N with tert-alkyl or cyclic N) is 1. The van der Waals surface area contributed by atoms with Crippen LogP contribution >= 0.6 is 0 Å². The van der Waals surface area contributed by atoms with E-state index in [4.69, 9.17) is 5.26 Å². The molecule has 1 atom stereocenters. The molecule has 6 heteroatoms. The summed E-state index contributed by atoms with van der Waals surface area (Å²) in [5.41, 5.74) is 0. The highest BCUT2D eigenvalue weighted by atomic mass is 16.3. The molecule has 0 bridgehead atoms. The SMILES string of the molecule is N#CCNC(=O)C(=O)N1CCC[C@H](O)C1. The first-order valence-electron chi connectivity index (χ1n) is 4.77. The lowest BCUT2D eigenvalue weighted by Crippen LogP contribution is -2.48. The first kappa shape index (κ1) is 11.5. The number of carbonyl (C=O) groups excluding carboxylic acids is 2. The molecule has 0 unspecified atom stereocenters. The molecule has 1 aliphatic rings. The van der Waals surface area contributed by atoms with E-state index in [9.17, 15) is 14.7 Å². The highest BCUT2D eigenvalue weighted by Crippen LogP contribution is 2.09. The van der Waals surface area contributed by atoms with Gasteiger partial charge >= 0.3 is 11.8 Å². The molecule has 1 aliphatic heterocycles. The first-order chi connectivity index (χ1) is 7.15. The maximum Gasteiger partial charge on any atom is 0.311 e. The number of nitriles is 1. The van der Waals surface area contributed by atoms with Gasteiger partial charge in [0.1, 0.15) is 6.54 Å². The third kappa shape index (κ3) is 3.22. The van der Waals surface area contributed by atoms with E-state index in [1.165, 1.54) is 4.90 Å². The number of rotatable bonds is 1. The van der Waals surface area contributed by atoms with Crippen molar-refractivity contribution in [3.8, 4) is 6.07 Å². The van der Waals surface area contributed by atoms with E-state index >= 15 is 0 Å². The van der Waals surface area contributed by atoms with Crippen molar-refractivity contribution in [3.63, 3.8) is 0 Å². The molecule has 2 amide bonds. The molecule has 1 heterocycles. The van der Waals surface area contributed by atoms with Crippen LogP contribution in [0.5, 0.6) is 0 Å². The van der Waals surface area contributed by atoms with Gasteiger partial charge in [0, 0.05) is 13.1 Å². The lowest BCUT2D eigenvalue weighted by Gasteiger charge is -2.29. The molecule has 0 spiro atoms. The van der Waals surface area contributed by atoms with Gasteiger partial charge in [-0.25, -0.2) is 0 Å². The Kier molecular flexibility index (Phi) is 4.06. The number of carbonyl (C=O) groups is 2. The molecule has 1 saturated heterocycles. The number of nitrogens with zero attached hydrogens (tertiary/aromatic N) is 2. The second kappa shape index (κ2) is 5.32. The number of hydrogen-bond acceptors (Lipinski definition) is 4. The van der Waals surface area contributed by atoms with Crippen molar-refractivity contribution in [2.75, 3.05) is 19.6 Å². The third-order valence-corrected chi connectivity index (χ3v) is 2.21. The molecule has 0 aromatic rings. The van der Waals surface area contributed by atoms with Gasteiger partial charge in [0.2, 0.25) is 0 Å². The van der Waals surface area contributed by atoms with Crippen molar-refractivity contribution in [2.45, 2.75) is 18.9 Å². The van der Waals surface area contributed by atoms with Crippen LogP contribution in [0.4, 0.5) is 0 Å². The van der Waals surface area contributed by atoms with Crippen molar-refractivity contribution in [1.29, 1.82) is 5.26 Å². The maximum atomic E-state index is 11.4. The van der Waals surface area contributed by atoms with Gasteiger partial charge < -0.3 is 15.3 Å². The summed E-state index contributed by atoms with van der Waals surface area (Å²) >= 11 is 0. The second-order valence-corrected chi connectivity index (χ2v) is 3.39. The van der Waals surface area contributed by atoms with E-state index in [-0.39, 0.29) is 13.1 Å². The molecular formula is C9H13N3O3. The monoisotopic (exact) mass is 211 g/mol. The van der Waals surface area contributed by atoms with Gasteiger partial charge in [-0.2, -0.15) is 5.26 Å². The molecule has 6 nitrogen and oxygen atoms in total. The van der Waals surface area contributed by atoms with Gasteiger partial charge in [0.15, 0.2) is 0 Å². The van der Waals surface area contributed by atoms with Crippen LogP contribution in [0.25, 0.3) is 0 Å². The predicted octanol–water partition coefficient (Wildman–Crippen LogP) is -1.39. The average Bonchev–Trinajstić information content (AvgIpc) is 2.24. The first-order valence-corrected chi connectivity index (χ1v) is 4.77. The molecule has 0 aromatic carbocycles. The number of piperidine rings is 1. The number of nitrogens with one attached hydrogen (secondary N) is 1. The molecule has 0 radical (unpaired) electrons. The summed E-state index contributed by atoms with van der Waals surface area (Å²) in [6.45, 7) is 0.496. The standard InChI is InChI=1S/C9H13N3O3/c10-3-4-11-8(14)9(15)12-5-1-2-7(13)6-12/h7,13H,1-2,4-6H2,(H,11,14)/t7-/m0/s1. The number of aliphatic hydroxyl groups is 1. The van der Waals surface area contributed by atoms with E-state index < -0.39 is 17.9 Å². The zero-order valence-electron chi connectivity index (χ0n) is 8.27. The maximum absolute atomic E-state index is 11.4. The summed E-state index contributed by atoms with van der Waals surface area (Å²) in [5.74, 6) is -1.46. The summed E-state index contributed by atoms with van der Waals surface area (Å²) < 4.78 is 0. The Morgan fingerprint density at radius 2 is 2.33 bits per heavy atom. The van der Waals surface area contributed by atoms with Crippen LogP contribution in [0.15, 0.2) is 0 Å². The fraction of sp³-hybridized carbons (Fsp3) is 0.667. The Balaban J connectivity index is 2.45. The van der Waals surface area contributed by atoms with E-state index in [2.05, 4.69) is 5.32 Å². The van der Waals surface area contributed by atoms with E-state index in [1.807, 2.05) is 0 Å². The minimum Gasteiger partial charge on any atom is -0.391 e. The predicted molar refractivity (Wildman–Crippen MR) is 50.4 cm³/mol. The number of hydrogen-bond donors (Lipinski definition) is 2. The molecule has 82 valence electrons. The van der Waals surface area contributed by atoms with Gasteiger partial charge in [-0.15, -0.1) is 0 Å². The minimum atomic E-state index is -0.786. The second-order valence-electron chi connectivity index (χ2n) is 3.39. The molecule has 0 saturated carbocycles. The van der Waals surface area contributed by atoms with E-state index in [0.29, 0.717) is 19.4 Å². The Labute approximate surface area is 87.5 Å².